The van der Waals surface area contributed by atoms with Crippen molar-refractivity contribution in [3.05, 3.63) is 81.1 Å². The molecule has 3 heterocycles. The van der Waals surface area contributed by atoms with Crippen LogP contribution in [-0.4, -0.2) is 37.0 Å². The summed E-state index contributed by atoms with van der Waals surface area (Å²) in [5.41, 5.74) is 1.99. The third kappa shape index (κ3) is 6.06. The van der Waals surface area contributed by atoms with E-state index >= 15 is 0 Å². The lowest BCUT2D eigenvalue weighted by atomic mass is 9.85. The van der Waals surface area contributed by atoms with Crippen molar-refractivity contribution in [3.8, 4) is 5.69 Å². The Morgan fingerprint density at radius 2 is 1.79 bits per heavy atom. The van der Waals surface area contributed by atoms with Crippen LogP contribution < -0.4 is 16.3 Å². The number of alkyl halides is 2. The molecule has 9 nitrogen and oxygen atoms in total. The number of fused-ring (bicyclic) bond motifs is 1. The normalized spacial score (nSPS) is 17.0. The third-order valence-electron chi connectivity index (χ3n) is 7.71. The summed E-state index contributed by atoms with van der Waals surface area (Å²) < 4.78 is 30.2. The maximum atomic E-state index is 13.8. The Morgan fingerprint density at radius 1 is 1.07 bits per heavy atom. The Kier molecular flexibility index (Phi) is 8.67. The van der Waals surface area contributed by atoms with E-state index in [1.165, 1.54) is 6.07 Å². The van der Waals surface area contributed by atoms with Gasteiger partial charge in [-0.25, -0.2) is 18.6 Å². The number of halogens is 3. The van der Waals surface area contributed by atoms with Crippen LogP contribution in [0.2, 0.25) is 5.02 Å². The lowest BCUT2D eigenvalue weighted by molar-refractivity contribution is -0.115. The Labute approximate surface area is 245 Å². The number of pyridine rings is 2. The third-order valence-corrected chi connectivity index (χ3v) is 7.91. The maximum absolute atomic E-state index is 13.8. The lowest BCUT2D eigenvalue weighted by Crippen LogP contribution is -2.39. The van der Waals surface area contributed by atoms with Crippen molar-refractivity contribution >= 4 is 40.3 Å². The van der Waals surface area contributed by atoms with E-state index in [9.17, 15) is 23.2 Å². The van der Waals surface area contributed by atoms with Crippen LogP contribution in [0.15, 0.2) is 53.6 Å². The van der Waals surface area contributed by atoms with Gasteiger partial charge in [0.2, 0.25) is 5.91 Å². The molecule has 0 unspecified atom stereocenters. The molecule has 4 aromatic rings. The number of carbonyl (C=O) groups excluding carboxylic acids is 2. The van der Waals surface area contributed by atoms with E-state index in [1.54, 1.807) is 28.3 Å². The highest BCUT2D eigenvalue weighted by molar-refractivity contribution is 6.30. The van der Waals surface area contributed by atoms with Crippen LogP contribution in [-0.2, 0) is 11.3 Å². The summed E-state index contributed by atoms with van der Waals surface area (Å²) in [5, 5.41) is 5.72. The smallest absolute Gasteiger partial charge is 0.333 e. The molecule has 0 spiro atoms. The second-order valence-corrected chi connectivity index (χ2v) is 11.0. The van der Waals surface area contributed by atoms with Crippen molar-refractivity contribution in [2.75, 3.05) is 5.32 Å². The number of aromatic nitrogens is 4. The maximum Gasteiger partial charge on any atom is 0.333 e. The highest BCUT2D eigenvalue weighted by atomic mass is 35.5. The van der Waals surface area contributed by atoms with Gasteiger partial charge in [0.1, 0.15) is 11.5 Å². The second kappa shape index (κ2) is 12.4. The molecule has 0 aliphatic heterocycles. The van der Waals surface area contributed by atoms with Gasteiger partial charge >= 0.3 is 5.69 Å². The molecule has 0 bridgehead atoms. The van der Waals surface area contributed by atoms with E-state index < -0.39 is 18.0 Å². The van der Waals surface area contributed by atoms with Crippen LogP contribution in [0.3, 0.4) is 0 Å². The van der Waals surface area contributed by atoms with Gasteiger partial charge in [-0.05, 0) is 68.4 Å². The van der Waals surface area contributed by atoms with Crippen LogP contribution in [0.4, 0.5) is 14.6 Å². The minimum atomic E-state index is -2.89. The number of hydrogen-bond acceptors (Lipinski definition) is 5. The summed E-state index contributed by atoms with van der Waals surface area (Å²) in [6.45, 7) is 4.13. The minimum Gasteiger partial charge on any atom is -0.349 e. The quantitative estimate of drug-likeness (QED) is 0.266. The van der Waals surface area contributed by atoms with Gasteiger partial charge in [0, 0.05) is 25.2 Å². The van der Waals surface area contributed by atoms with Gasteiger partial charge in [0.25, 0.3) is 12.3 Å². The van der Waals surface area contributed by atoms with Gasteiger partial charge in [-0.15, -0.1) is 0 Å². The Balaban J connectivity index is 1.31. The van der Waals surface area contributed by atoms with Gasteiger partial charge in [-0.2, -0.15) is 0 Å². The number of benzene rings is 1. The van der Waals surface area contributed by atoms with Crippen LogP contribution in [0.1, 0.15) is 67.1 Å². The Bertz CT molecular complexity index is 1690. The summed E-state index contributed by atoms with van der Waals surface area (Å²) in [4.78, 5) is 46.4. The molecular formula is C30H31ClF2N6O3. The number of aryl methyl sites for hydroxylation is 1. The van der Waals surface area contributed by atoms with Crippen LogP contribution in [0.25, 0.3) is 16.7 Å². The number of para-hydroxylation sites is 2. The first-order valence-corrected chi connectivity index (χ1v) is 14.3. The summed E-state index contributed by atoms with van der Waals surface area (Å²) in [7, 11) is 0. The lowest BCUT2D eigenvalue weighted by Gasteiger charge is -2.29. The Hall–Kier alpha value is -4.12. The number of nitrogens with one attached hydrogen (secondary N) is 2. The van der Waals surface area contributed by atoms with Crippen LogP contribution >= 0.6 is 11.6 Å². The summed E-state index contributed by atoms with van der Waals surface area (Å²) in [6.07, 6.45) is 2.94. The van der Waals surface area contributed by atoms with Gasteiger partial charge in [-0.3, -0.25) is 23.7 Å². The van der Waals surface area contributed by atoms with Crippen molar-refractivity contribution in [2.24, 2.45) is 5.92 Å². The molecule has 2 N–H and O–H groups in total. The van der Waals surface area contributed by atoms with E-state index in [-0.39, 0.29) is 34.1 Å². The van der Waals surface area contributed by atoms with Crippen LogP contribution in [0, 0.1) is 12.8 Å². The van der Waals surface area contributed by atoms with Crippen LogP contribution in [0.5, 0.6) is 0 Å². The zero-order chi connectivity index (χ0) is 30.0. The van der Waals surface area contributed by atoms with Crippen molar-refractivity contribution in [1.82, 2.24) is 24.4 Å². The number of carbonyl (C=O) groups is 2. The number of nitrogens with zero attached hydrogens (tertiary/aromatic N) is 4. The molecule has 1 aromatic carbocycles. The van der Waals surface area contributed by atoms with E-state index in [0.717, 1.165) is 35.6 Å². The molecule has 3 aromatic heterocycles. The van der Waals surface area contributed by atoms with Crippen molar-refractivity contribution in [3.63, 3.8) is 0 Å². The number of amides is 2. The number of hydrogen-bond donors (Lipinski definition) is 2. The zero-order valence-electron chi connectivity index (χ0n) is 23.2. The van der Waals surface area contributed by atoms with Crippen molar-refractivity contribution in [1.29, 1.82) is 0 Å². The highest BCUT2D eigenvalue weighted by Gasteiger charge is 2.27. The topological polar surface area (TPSA) is 111 Å². The van der Waals surface area contributed by atoms with Gasteiger partial charge in [-0.1, -0.05) is 30.7 Å². The second-order valence-electron chi connectivity index (χ2n) is 10.6. The number of anilines is 1. The molecule has 0 saturated heterocycles. The number of rotatable bonds is 8. The van der Waals surface area contributed by atoms with E-state index in [2.05, 4.69) is 20.6 Å². The predicted octanol–water partition coefficient (Wildman–Crippen LogP) is 5.82. The molecule has 220 valence electrons. The van der Waals surface area contributed by atoms with Gasteiger partial charge in [0.05, 0.1) is 33.5 Å². The average molecular weight is 597 g/mol. The molecule has 0 atom stereocenters. The Morgan fingerprint density at radius 3 is 2.45 bits per heavy atom. The van der Waals surface area contributed by atoms with Crippen molar-refractivity contribution < 1.29 is 18.4 Å². The molecule has 1 fully saturated rings. The zero-order valence-corrected chi connectivity index (χ0v) is 24.0. The van der Waals surface area contributed by atoms with E-state index in [4.69, 9.17) is 11.6 Å². The SMILES string of the molecule is CCC(=O)Nc1cc(C)c(-n2c(=O)n(CC3CCC(NC(=O)c4cc(Cl)cnc4C(F)F)CC3)c3ccccc32)cn1. The standard InChI is InChI=1S/C30H31ClF2N6O3/c1-3-26(40)37-25-12-17(2)24(15-34-25)39-23-7-5-4-6-22(23)38(30(39)42)16-18-8-10-20(11-9-18)36-29(41)21-13-19(31)14-35-27(21)28(32)33/h4-7,12-15,18,20,28H,3,8-11,16H2,1-2H3,(H,36,41)(H,34,37,40). The van der Waals surface area contributed by atoms with Gasteiger partial charge in [0.15, 0.2) is 0 Å². The largest absolute Gasteiger partial charge is 0.349 e. The molecule has 12 heteroatoms. The van der Waals surface area contributed by atoms with E-state index in [1.807, 2.05) is 31.2 Å². The molecule has 1 saturated carbocycles. The fourth-order valence-corrected chi connectivity index (χ4v) is 5.67. The molecule has 5 rings (SSSR count). The highest BCUT2D eigenvalue weighted by Crippen LogP contribution is 2.29. The molecule has 2 amide bonds. The molecular weight excluding hydrogens is 566 g/mol. The summed E-state index contributed by atoms with van der Waals surface area (Å²) >= 11 is 5.90. The summed E-state index contributed by atoms with van der Waals surface area (Å²) in [6, 6.07) is 10.4. The number of imidazole rings is 1. The first-order chi connectivity index (χ1) is 20.2. The van der Waals surface area contributed by atoms with E-state index in [0.29, 0.717) is 37.3 Å². The fraction of sp³-hybridized carbons (Fsp3) is 0.367. The first kappa shape index (κ1) is 29.4. The predicted molar refractivity (Wildman–Crippen MR) is 156 cm³/mol. The molecule has 0 radical (unpaired) electrons. The molecule has 1 aliphatic rings. The monoisotopic (exact) mass is 596 g/mol. The van der Waals surface area contributed by atoms with Crippen molar-refractivity contribution in [2.45, 2.75) is 65.0 Å². The average Bonchev–Trinajstić information content (AvgIpc) is 3.24. The summed E-state index contributed by atoms with van der Waals surface area (Å²) in [5.74, 6) is -0.143. The minimum absolute atomic E-state index is 0.114. The molecule has 42 heavy (non-hydrogen) atoms. The van der Waals surface area contributed by atoms with Gasteiger partial charge < -0.3 is 10.6 Å². The fourth-order valence-electron chi connectivity index (χ4n) is 5.52. The molecule has 1 aliphatic carbocycles. The first-order valence-electron chi connectivity index (χ1n) is 13.9.